The molecular formula is C11H23FS2. The van der Waals surface area contributed by atoms with Crippen molar-refractivity contribution in [3.05, 3.63) is 0 Å². The van der Waals surface area contributed by atoms with Crippen LogP contribution in [0.15, 0.2) is 0 Å². The van der Waals surface area contributed by atoms with Crippen molar-refractivity contribution in [2.24, 2.45) is 5.92 Å². The van der Waals surface area contributed by atoms with Crippen molar-refractivity contribution in [2.75, 3.05) is 6.67 Å². The molecule has 2 unspecified atom stereocenters. The first kappa shape index (κ1) is 14.6. The average molecular weight is 238 g/mol. The van der Waals surface area contributed by atoms with E-state index in [0.29, 0.717) is 11.2 Å². The number of halogens is 1. The van der Waals surface area contributed by atoms with Crippen LogP contribution in [0.4, 0.5) is 4.39 Å². The van der Waals surface area contributed by atoms with Crippen molar-refractivity contribution in [1.82, 2.24) is 0 Å². The molecule has 3 heteroatoms. The lowest BCUT2D eigenvalue weighted by atomic mass is 9.97. The number of hydrogen-bond donors (Lipinski definition) is 0. The van der Waals surface area contributed by atoms with Crippen LogP contribution in [-0.2, 0) is 0 Å². The lowest BCUT2D eigenvalue weighted by Crippen LogP contribution is -2.18. The van der Waals surface area contributed by atoms with E-state index in [1.807, 2.05) is 10.8 Å². The largest absolute Gasteiger partial charge is 0.250 e. The molecule has 0 saturated carbocycles. The van der Waals surface area contributed by atoms with Crippen LogP contribution in [0.5, 0.6) is 0 Å². The molecule has 0 saturated heterocycles. The molecule has 0 radical (unpaired) electrons. The minimum Gasteiger partial charge on any atom is -0.250 e. The lowest BCUT2D eigenvalue weighted by molar-refractivity contribution is 0.373. The molecule has 0 aromatic rings. The van der Waals surface area contributed by atoms with E-state index >= 15 is 0 Å². The summed E-state index contributed by atoms with van der Waals surface area (Å²) >= 11 is 0. The third-order valence-electron chi connectivity index (χ3n) is 2.23. The maximum Gasteiger partial charge on any atom is 0.102 e. The van der Waals surface area contributed by atoms with E-state index in [9.17, 15) is 4.39 Å². The van der Waals surface area contributed by atoms with Crippen molar-refractivity contribution < 1.29 is 4.39 Å². The molecule has 0 aliphatic rings. The van der Waals surface area contributed by atoms with Gasteiger partial charge in [0.1, 0.15) is 6.67 Å². The zero-order valence-corrected chi connectivity index (χ0v) is 11.4. The average Bonchev–Trinajstić information content (AvgIpc) is 2.16. The highest BCUT2D eigenvalue weighted by molar-refractivity contribution is 8.77. The highest BCUT2D eigenvalue weighted by atomic mass is 33.1. The van der Waals surface area contributed by atoms with Crippen molar-refractivity contribution in [2.45, 2.75) is 57.5 Å². The van der Waals surface area contributed by atoms with E-state index in [2.05, 4.69) is 27.7 Å². The first-order valence-corrected chi connectivity index (χ1v) is 7.81. The van der Waals surface area contributed by atoms with Gasteiger partial charge in [0, 0.05) is 10.5 Å². The molecule has 0 bridgehead atoms. The third-order valence-corrected chi connectivity index (χ3v) is 5.72. The second kappa shape index (κ2) is 8.90. The second-order valence-corrected chi connectivity index (χ2v) is 6.98. The molecule has 0 aliphatic carbocycles. The van der Waals surface area contributed by atoms with E-state index in [4.69, 9.17) is 0 Å². The Morgan fingerprint density at radius 1 is 1.14 bits per heavy atom. The van der Waals surface area contributed by atoms with Gasteiger partial charge in [-0.1, -0.05) is 62.1 Å². The van der Waals surface area contributed by atoms with Gasteiger partial charge in [0.15, 0.2) is 0 Å². The normalized spacial score (nSPS) is 15.9. The highest BCUT2D eigenvalue weighted by Gasteiger charge is 2.20. The Bertz CT molecular complexity index is 128. The summed E-state index contributed by atoms with van der Waals surface area (Å²) in [6.07, 6.45) is 3.44. The van der Waals surface area contributed by atoms with E-state index in [1.165, 1.54) is 6.42 Å². The molecule has 86 valence electrons. The maximum atomic E-state index is 12.8. The molecule has 0 N–H and O–H groups in total. The predicted octanol–water partition coefficient (Wildman–Crippen LogP) is 4.94. The lowest BCUT2D eigenvalue weighted by Gasteiger charge is -2.22. The summed E-state index contributed by atoms with van der Waals surface area (Å²) in [6.45, 7) is 8.49. The van der Waals surface area contributed by atoms with Gasteiger partial charge >= 0.3 is 0 Å². The summed E-state index contributed by atoms with van der Waals surface area (Å²) in [7, 11) is 3.55. The highest BCUT2D eigenvalue weighted by Crippen LogP contribution is 2.37. The van der Waals surface area contributed by atoms with E-state index in [1.54, 1.807) is 10.8 Å². The van der Waals surface area contributed by atoms with Crippen LogP contribution in [0.3, 0.4) is 0 Å². The molecule has 0 nitrogen and oxygen atoms in total. The van der Waals surface area contributed by atoms with Crippen LogP contribution in [0.1, 0.15) is 47.0 Å². The first-order chi connectivity index (χ1) is 6.65. The minimum absolute atomic E-state index is 0.178. The molecule has 0 aliphatic heterocycles. The van der Waals surface area contributed by atoms with Gasteiger partial charge in [0.25, 0.3) is 0 Å². The second-order valence-electron chi connectivity index (χ2n) is 3.89. The Balaban J connectivity index is 3.94. The first-order valence-electron chi connectivity index (χ1n) is 5.53. The zero-order valence-electron chi connectivity index (χ0n) is 9.75. The van der Waals surface area contributed by atoms with E-state index in [-0.39, 0.29) is 11.9 Å². The fourth-order valence-corrected chi connectivity index (χ4v) is 4.06. The van der Waals surface area contributed by atoms with Gasteiger partial charge in [0.05, 0.1) is 0 Å². The zero-order chi connectivity index (χ0) is 11.0. The molecule has 0 aromatic carbocycles. The molecular weight excluding hydrogens is 215 g/mol. The molecule has 2 atom stereocenters. The van der Waals surface area contributed by atoms with Crippen molar-refractivity contribution in [3.8, 4) is 0 Å². The molecule has 0 amide bonds. The SMILES string of the molecule is CCCC(CC)C(CF)SSC(C)C. The van der Waals surface area contributed by atoms with Crippen LogP contribution in [0.2, 0.25) is 0 Å². The minimum atomic E-state index is -0.178. The number of rotatable bonds is 8. The van der Waals surface area contributed by atoms with Crippen LogP contribution in [0.25, 0.3) is 0 Å². The van der Waals surface area contributed by atoms with Crippen molar-refractivity contribution in [3.63, 3.8) is 0 Å². The van der Waals surface area contributed by atoms with Gasteiger partial charge in [0.2, 0.25) is 0 Å². The van der Waals surface area contributed by atoms with Crippen LogP contribution < -0.4 is 0 Å². The summed E-state index contributed by atoms with van der Waals surface area (Å²) in [5.74, 6) is 0.557. The summed E-state index contributed by atoms with van der Waals surface area (Å²) in [5.41, 5.74) is 0. The van der Waals surface area contributed by atoms with Gasteiger partial charge in [-0.25, -0.2) is 4.39 Å². The summed E-state index contributed by atoms with van der Waals surface area (Å²) < 4.78 is 12.8. The number of hydrogen-bond acceptors (Lipinski definition) is 2. The summed E-state index contributed by atoms with van der Waals surface area (Å²) in [4.78, 5) is 0. The molecule has 14 heavy (non-hydrogen) atoms. The number of alkyl halides is 1. The third kappa shape index (κ3) is 6.18. The molecule has 0 heterocycles. The van der Waals surface area contributed by atoms with Crippen LogP contribution in [-0.4, -0.2) is 17.2 Å². The molecule has 0 rings (SSSR count). The molecule has 0 aromatic heterocycles. The topological polar surface area (TPSA) is 0 Å². The van der Waals surface area contributed by atoms with Gasteiger partial charge in [-0.15, -0.1) is 0 Å². The Labute approximate surface area is 96.2 Å². The fourth-order valence-electron chi connectivity index (χ4n) is 1.44. The Hall–Kier alpha value is 0.630. The Morgan fingerprint density at radius 3 is 2.14 bits per heavy atom. The van der Waals surface area contributed by atoms with Crippen LogP contribution >= 0.6 is 21.6 Å². The van der Waals surface area contributed by atoms with Crippen molar-refractivity contribution in [1.29, 1.82) is 0 Å². The van der Waals surface area contributed by atoms with Crippen molar-refractivity contribution >= 4 is 21.6 Å². The molecule has 0 spiro atoms. The quantitative estimate of drug-likeness (QED) is 0.549. The smallest absolute Gasteiger partial charge is 0.102 e. The van der Waals surface area contributed by atoms with Gasteiger partial charge in [-0.2, -0.15) is 0 Å². The van der Waals surface area contributed by atoms with Gasteiger partial charge in [-0.05, 0) is 12.3 Å². The van der Waals surface area contributed by atoms with Gasteiger partial charge in [-0.3, -0.25) is 0 Å². The fraction of sp³-hybridized carbons (Fsp3) is 1.00. The monoisotopic (exact) mass is 238 g/mol. The summed E-state index contributed by atoms with van der Waals surface area (Å²) in [6, 6.07) is 0. The summed E-state index contributed by atoms with van der Waals surface area (Å²) in [5, 5.41) is 0.792. The Kier molecular flexibility index (Phi) is 9.30. The van der Waals surface area contributed by atoms with E-state index in [0.717, 1.165) is 12.8 Å². The standard InChI is InChI=1S/C11H23FS2/c1-5-7-10(6-2)11(8-12)14-13-9(3)4/h9-11H,5-8H2,1-4H3. The predicted molar refractivity (Wildman–Crippen MR) is 68.8 cm³/mol. The van der Waals surface area contributed by atoms with Crippen LogP contribution in [0, 0.1) is 5.92 Å². The Morgan fingerprint density at radius 2 is 1.79 bits per heavy atom. The van der Waals surface area contributed by atoms with Gasteiger partial charge < -0.3 is 0 Å². The molecule has 0 fully saturated rings. The van der Waals surface area contributed by atoms with E-state index < -0.39 is 0 Å². The maximum absolute atomic E-state index is 12.8.